The van der Waals surface area contributed by atoms with Crippen molar-refractivity contribution in [1.82, 2.24) is 29.9 Å². The van der Waals surface area contributed by atoms with E-state index in [1.165, 1.54) is 5.39 Å². The second-order valence-electron chi connectivity index (χ2n) is 6.60. The maximum atomic E-state index is 5.31. The lowest BCUT2D eigenvalue weighted by atomic mass is 10.1. The molecule has 1 atom stereocenters. The van der Waals surface area contributed by atoms with Crippen LogP contribution in [0.5, 0.6) is 0 Å². The van der Waals surface area contributed by atoms with Gasteiger partial charge in [0.05, 0.1) is 5.25 Å². The third kappa shape index (κ3) is 2.61. The van der Waals surface area contributed by atoms with E-state index in [0.29, 0.717) is 17.8 Å². The minimum Gasteiger partial charge on any atom is -0.360 e. The van der Waals surface area contributed by atoms with Gasteiger partial charge in [0.15, 0.2) is 16.8 Å². The standard InChI is InChI=1S/C18H18N6OS/c1-10(17-20-11(2)23-25-17)26-18-22-21-16(24(18)12-7-8-12)14-9-19-15-6-4-3-5-13(14)15/h3-6,9-10,12,19H,7-8H2,1-2H3. The van der Waals surface area contributed by atoms with Crippen LogP contribution in [0.2, 0.25) is 0 Å². The fourth-order valence-electron chi connectivity index (χ4n) is 3.15. The fourth-order valence-corrected chi connectivity index (χ4v) is 4.10. The van der Waals surface area contributed by atoms with Crippen LogP contribution in [0.3, 0.4) is 0 Å². The average molecular weight is 366 g/mol. The molecule has 8 heteroatoms. The van der Waals surface area contributed by atoms with Gasteiger partial charge < -0.3 is 9.51 Å². The smallest absolute Gasteiger partial charge is 0.239 e. The zero-order valence-corrected chi connectivity index (χ0v) is 15.3. The van der Waals surface area contributed by atoms with Crippen molar-refractivity contribution in [3.63, 3.8) is 0 Å². The number of fused-ring (bicyclic) bond motifs is 1. The van der Waals surface area contributed by atoms with Crippen molar-refractivity contribution < 1.29 is 4.52 Å². The first-order valence-corrected chi connectivity index (χ1v) is 9.57. The number of rotatable bonds is 5. The van der Waals surface area contributed by atoms with Gasteiger partial charge >= 0.3 is 0 Å². The molecule has 0 radical (unpaired) electrons. The minimum atomic E-state index is 0.0220. The SMILES string of the molecule is Cc1noc(C(C)Sc2nnc(-c3c[nH]c4ccccc34)n2C2CC2)n1. The van der Waals surface area contributed by atoms with Crippen molar-refractivity contribution in [3.05, 3.63) is 42.2 Å². The maximum absolute atomic E-state index is 5.31. The molecule has 1 aliphatic carbocycles. The van der Waals surface area contributed by atoms with Crippen molar-refractivity contribution in [2.45, 2.75) is 43.1 Å². The number of nitrogens with one attached hydrogen (secondary N) is 1. The Kier molecular flexibility index (Phi) is 3.59. The molecule has 1 aromatic carbocycles. The maximum Gasteiger partial charge on any atom is 0.239 e. The Balaban J connectivity index is 1.54. The number of thioether (sulfide) groups is 1. The number of aromatic nitrogens is 6. The van der Waals surface area contributed by atoms with Crippen molar-refractivity contribution in [2.24, 2.45) is 0 Å². The molecule has 0 bridgehead atoms. The molecule has 0 saturated heterocycles. The van der Waals surface area contributed by atoms with Gasteiger partial charge in [-0.2, -0.15) is 4.98 Å². The Morgan fingerprint density at radius 3 is 2.88 bits per heavy atom. The quantitative estimate of drug-likeness (QED) is 0.530. The molecule has 4 aromatic rings. The largest absolute Gasteiger partial charge is 0.360 e. The summed E-state index contributed by atoms with van der Waals surface area (Å²) in [6.07, 6.45) is 4.34. The van der Waals surface area contributed by atoms with Gasteiger partial charge in [-0.15, -0.1) is 10.2 Å². The summed E-state index contributed by atoms with van der Waals surface area (Å²) in [5, 5.41) is 15.0. The van der Waals surface area contributed by atoms with Crippen LogP contribution in [0.4, 0.5) is 0 Å². The molecule has 0 spiro atoms. The molecule has 3 heterocycles. The van der Waals surface area contributed by atoms with E-state index < -0.39 is 0 Å². The summed E-state index contributed by atoms with van der Waals surface area (Å²) in [5.41, 5.74) is 2.20. The van der Waals surface area contributed by atoms with Crippen LogP contribution in [-0.4, -0.2) is 29.9 Å². The molecule has 0 amide bonds. The van der Waals surface area contributed by atoms with E-state index in [1.54, 1.807) is 11.8 Å². The number of benzene rings is 1. The highest BCUT2D eigenvalue weighted by Gasteiger charge is 2.32. The van der Waals surface area contributed by atoms with Crippen molar-refractivity contribution in [3.8, 4) is 11.4 Å². The van der Waals surface area contributed by atoms with E-state index in [0.717, 1.165) is 34.9 Å². The lowest BCUT2D eigenvalue weighted by molar-refractivity contribution is 0.376. The molecule has 1 N–H and O–H groups in total. The van der Waals surface area contributed by atoms with Crippen molar-refractivity contribution in [1.29, 1.82) is 0 Å². The molecule has 26 heavy (non-hydrogen) atoms. The van der Waals surface area contributed by atoms with Gasteiger partial charge in [-0.25, -0.2) is 0 Å². The molecule has 5 rings (SSSR count). The van der Waals surface area contributed by atoms with Crippen molar-refractivity contribution >= 4 is 22.7 Å². The zero-order chi connectivity index (χ0) is 17.7. The number of H-pyrrole nitrogens is 1. The highest BCUT2D eigenvalue weighted by atomic mass is 32.2. The highest BCUT2D eigenvalue weighted by Crippen LogP contribution is 2.44. The van der Waals surface area contributed by atoms with Crippen LogP contribution in [0.25, 0.3) is 22.3 Å². The van der Waals surface area contributed by atoms with Crippen LogP contribution in [-0.2, 0) is 0 Å². The van der Waals surface area contributed by atoms with E-state index in [-0.39, 0.29) is 5.25 Å². The summed E-state index contributed by atoms with van der Waals surface area (Å²) < 4.78 is 7.57. The molecular formula is C18H18N6OS. The minimum absolute atomic E-state index is 0.0220. The van der Waals surface area contributed by atoms with Crippen LogP contribution in [0.15, 0.2) is 40.1 Å². The lowest BCUT2D eigenvalue weighted by Gasteiger charge is -2.10. The lowest BCUT2D eigenvalue weighted by Crippen LogP contribution is -2.01. The zero-order valence-electron chi connectivity index (χ0n) is 14.5. The van der Waals surface area contributed by atoms with Gasteiger partial charge in [0, 0.05) is 28.7 Å². The summed E-state index contributed by atoms with van der Waals surface area (Å²) in [6.45, 7) is 3.88. The second kappa shape index (κ2) is 5.98. The second-order valence-corrected chi connectivity index (χ2v) is 7.90. The first-order valence-electron chi connectivity index (χ1n) is 8.69. The summed E-state index contributed by atoms with van der Waals surface area (Å²) in [4.78, 5) is 7.66. The summed E-state index contributed by atoms with van der Waals surface area (Å²) >= 11 is 1.61. The Hall–Kier alpha value is -2.61. The third-order valence-corrected chi connectivity index (χ3v) is 5.62. The molecule has 1 unspecified atom stereocenters. The number of aromatic amines is 1. The number of aryl methyl sites for hydroxylation is 1. The molecule has 1 aliphatic rings. The predicted molar refractivity (Wildman–Crippen MR) is 98.9 cm³/mol. The van der Waals surface area contributed by atoms with Crippen LogP contribution in [0, 0.1) is 6.92 Å². The number of para-hydroxylation sites is 1. The predicted octanol–water partition coefficient (Wildman–Crippen LogP) is 4.31. The monoisotopic (exact) mass is 366 g/mol. The summed E-state index contributed by atoms with van der Waals surface area (Å²) in [7, 11) is 0. The first-order chi connectivity index (χ1) is 12.7. The number of hydrogen-bond donors (Lipinski definition) is 1. The number of hydrogen-bond acceptors (Lipinski definition) is 6. The fraction of sp³-hybridized carbons (Fsp3) is 0.333. The topological polar surface area (TPSA) is 85.4 Å². The Bertz CT molecular complexity index is 1080. The molecule has 0 aliphatic heterocycles. The third-order valence-electron chi connectivity index (χ3n) is 4.58. The van der Waals surface area contributed by atoms with Gasteiger partial charge in [-0.3, -0.25) is 4.57 Å². The van der Waals surface area contributed by atoms with Gasteiger partial charge in [-0.05, 0) is 32.8 Å². The summed E-state index contributed by atoms with van der Waals surface area (Å²) in [6, 6.07) is 8.74. The number of nitrogens with zero attached hydrogens (tertiary/aromatic N) is 5. The van der Waals surface area contributed by atoms with Crippen LogP contribution < -0.4 is 0 Å². The highest BCUT2D eigenvalue weighted by molar-refractivity contribution is 7.99. The molecule has 7 nitrogen and oxygen atoms in total. The van der Waals surface area contributed by atoms with Gasteiger partial charge in [0.1, 0.15) is 0 Å². The molecule has 132 valence electrons. The van der Waals surface area contributed by atoms with E-state index in [1.807, 2.05) is 25.3 Å². The van der Waals surface area contributed by atoms with E-state index in [4.69, 9.17) is 4.52 Å². The molecule has 1 saturated carbocycles. The first kappa shape index (κ1) is 15.6. The Morgan fingerprint density at radius 2 is 2.12 bits per heavy atom. The van der Waals surface area contributed by atoms with Crippen LogP contribution in [0.1, 0.15) is 42.8 Å². The van der Waals surface area contributed by atoms with E-state index in [9.17, 15) is 0 Å². The van der Waals surface area contributed by atoms with Gasteiger partial charge in [-0.1, -0.05) is 35.1 Å². The molecule has 3 aromatic heterocycles. The normalized spacial score (nSPS) is 15.6. The van der Waals surface area contributed by atoms with Crippen LogP contribution >= 0.6 is 11.8 Å². The molecule has 1 fully saturated rings. The van der Waals surface area contributed by atoms with Gasteiger partial charge in [0.25, 0.3) is 0 Å². The summed E-state index contributed by atoms with van der Waals surface area (Å²) in [5.74, 6) is 2.18. The van der Waals surface area contributed by atoms with E-state index >= 15 is 0 Å². The Labute approximate surface area is 154 Å². The van der Waals surface area contributed by atoms with E-state index in [2.05, 4.69) is 48.9 Å². The average Bonchev–Trinajstić information content (AvgIpc) is 3.05. The molecular weight excluding hydrogens is 348 g/mol. The van der Waals surface area contributed by atoms with Gasteiger partial charge in [0.2, 0.25) is 5.89 Å². The Morgan fingerprint density at radius 1 is 1.27 bits per heavy atom. The van der Waals surface area contributed by atoms with Crippen molar-refractivity contribution in [2.75, 3.05) is 0 Å².